The molecular weight excluding hydrogens is 264 g/mol. The van der Waals surface area contributed by atoms with Crippen LogP contribution in [0.3, 0.4) is 0 Å². The molecule has 1 aliphatic carbocycles. The highest BCUT2D eigenvalue weighted by Gasteiger charge is 2.25. The molecule has 2 rings (SSSR count). The van der Waals surface area contributed by atoms with Gasteiger partial charge in [-0.2, -0.15) is 0 Å². The van der Waals surface area contributed by atoms with Crippen molar-refractivity contribution in [2.75, 3.05) is 13.2 Å². The van der Waals surface area contributed by atoms with Gasteiger partial charge in [-0.15, -0.1) is 0 Å². The lowest BCUT2D eigenvalue weighted by atomic mass is 9.79. The van der Waals surface area contributed by atoms with E-state index >= 15 is 0 Å². The summed E-state index contributed by atoms with van der Waals surface area (Å²) >= 11 is 5.93. The van der Waals surface area contributed by atoms with Crippen molar-refractivity contribution in [1.82, 2.24) is 10.3 Å². The molecule has 0 aliphatic heterocycles. The first kappa shape index (κ1) is 14.3. The maximum Gasteiger partial charge on any atom is 0.252 e. The molecule has 19 heavy (non-hydrogen) atoms. The number of aromatic nitrogens is 1. The average Bonchev–Trinajstić information content (AvgIpc) is 2.45. The Kier molecular flexibility index (Phi) is 5.16. The van der Waals surface area contributed by atoms with Gasteiger partial charge in [0.1, 0.15) is 0 Å². The van der Waals surface area contributed by atoms with E-state index in [1.165, 1.54) is 19.0 Å². The lowest BCUT2D eigenvalue weighted by Gasteiger charge is -2.30. The molecule has 4 nitrogen and oxygen atoms in total. The van der Waals surface area contributed by atoms with E-state index in [9.17, 15) is 9.90 Å². The molecule has 1 amide bonds. The summed E-state index contributed by atoms with van der Waals surface area (Å²) in [5, 5.41) is 12.6. The Morgan fingerprint density at radius 2 is 2.16 bits per heavy atom. The predicted molar refractivity (Wildman–Crippen MR) is 74.1 cm³/mol. The summed E-state index contributed by atoms with van der Waals surface area (Å²) < 4.78 is 0. The third kappa shape index (κ3) is 3.67. The van der Waals surface area contributed by atoms with Gasteiger partial charge in [0.2, 0.25) is 0 Å². The Balaban J connectivity index is 1.91. The van der Waals surface area contributed by atoms with Gasteiger partial charge in [0, 0.05) is 25.5 Å². The zero-order valence-corrected chi connectivity index (χ0v) is 11.6. The molecule has 104 valence electrons. The predicted octanol–water partition coefficient (Wildman–Crippen LogP) is 2.26. The van der Waals surface area contributed by atoms with Gasteiger partial charge in [-0.05, 0) is 30.7 Å². The van der Waals surface area contributed by atoms with Crippen LogP contribution in [0.2, 0.25) is 5.02 Å². The number of aliphatic hydroxyl groups excluding tert-OH is 1. The first-order valence-electron chi connectivity index (χ1n) is 6.71. The monoisotopic (exact) mass is 282 g/mol. The lowest BCUT2D eigenvalue weighted by molar-refractivity contribution is 0.0909. The summed E-state index contributed by atoms with van der Waals surface area (Å²) in [7, 11) is 0. The van der Waals surface area contributed by atoms with Crippen LogP contribution in [0.4, 0.5) is 0 Å². The summed E-state index contributed by atoms with van der Waals surface area (Å²) in [5.41, 5.74) is 0.452. The van der Waals surface area contributed by atoms with Crippen LogP contribution in [0, 0.1) is 11.8 Å². The van der Waals surface area contributed by atoms with Crippen molar-refractivity contribution < 1.29 is 9.90 Å². The van der Waals surface area contributed by atoms with Gasteiger partial charge in [-0.1, -0.05) is 24.4 Å². The second-order valence-electron chi connectivity index (χ2n) is 5.05. The van der Waals surface area contributed by atoms with E-state index in [-0.39, 0.29) is 12.5 Å². The fourth-order valence-electron chi connectivity index (χ4n) is 2.67. The van der Waals surface area contributed by atoms with E-state index in [1.54, 1.807) is 12.3 Å². The van der Waals surface area contributed by atoms with Crippen molar-refractivity contribution in [3.05, 3.63) is 29.0 Å². The zero-order valence-electron chi connectivity index (χ0n) is 10.8. The minimum absolute atomic E-state index is 0.172. The highest BCUT2D eigenvalue weighted by atomic mass is 35.5. The zero-order chi connectivity index (χ0) is 13.7. The topological polar surface area (TPSA) is 62.2 Å². The van der Waals surface area contributed by atoms with Crippen molar-refractivity contribution >= 4 is 17.5 Å². The van der Waals surface area contributed by atoms with Gasteiger partial charge in [0.15, 0.2) is 0 Å². The molecule has 0 saturated heterocycles. The van der Waals surface area contributed by atoms with Crippen LogP contribution >= 0.6 is 11.6 Å². The van der Waals surface area contributed by atoms with Crippen LogP contribution in [0.15, 0.2) is 18.5 Å². The summed E-state index contributed by atoms with van der Waals surface area (Å²) in [4.78, 5) is 15.9. The number of carbonyl (C=O) groups is 1. The second-order valence-corrected chi connectivity index (χ2v) is 5.46. The first-order valence-corrected chi connectivity index (χ1v) is 7.08. The molecule has 1 aliphatic rings. The highest BCUT2D eigenvalue weighted by molar-refractivity contribution is 6.33. The molecular formula is C14H19ClN2O2. The van der Waals surface area contributed by atoms with Crippen LogP contribution in [0.5, 0.6) is 0 Å². The van der Waals surface area contributed by atoms with E-state index in [1.807, 2.05) is 0 Å². The minimum Gasteiger partial charge on any atom is -0.396 e. The maximum absolute atomic E-state index is 12.0. The van der Waals surface area contributed by atoms with Gasteiger partial charge >= 0.3 is 0 Å². The molecule has 0 spiro atoms. The number of pyridine rings is 1. The number of hydrogen-bond donors (Lipinski definition) is 2. The van der Waals surface area contributed by atoms with Crippen LogP contribution in [-0.2, 0) is 0 Å². The number of carbonyl (C=O) groups excluding carboxylic acids is 1. The van der Waals surface area contributed by atoms with E-state index in [0.717, 1.165) is 12.8 Å². The van der Waals surface area contributed by atoms with Crippen molar-refractivity contribution in [3.8, 4) is 0 Å². The Labute approximate surface area is 118 Å². The van der Waals surface area contributed by atoms with Gasteiger partial charge in [-0.3, -0.25) is 9.78 Å². The van der Waals surface area contributed by atoms with Crippen LogP contribution in [0.1, 0.15) is 36.0 Å². The molecule has 0 radical (unpaired) electrons. The van der Waals surface area contributed by atoms with Crippen LogP contribution < -0.4 is 5.32 Å². The van der Waals surface area contributed by atoms with E-state index in [0.29, 0.717) is 29.0 Å². The SMILES string of the molecule is O=C(NCC1CCCCC1CO)c1ccncc1Cl. The van der Waals surface area contributed by atoms with E-state index in [4.69, 9.17) is 11.6 Å². The minimum atomic E-state index is -0.172. The van der Waals surface area contributed by atoms with E-state index < -0.39 is 0 Å². The molecule has 2 unspecified atom stereocenters. The summed E-state index contributed by atoms with van der Waals surface area (Å²) in [6.07, 6.45) is 7.48. The number of aliphatic hydroxyl groups is 1. The molecule has 0 aromatic carbocycles. The van der Waals surface area contributed by atoms with Crippen molar-refractivity contribution in [1.29, 1.82) is 0 Å². The third-order valence-electron chi connectivity index (χ3n) is 3.84. The fraction of sp³-hybridized carbons (Fsp3) is 0.571. The normalized spacial score (nSPS) is 23.1. The molecule has 2 N–H and O–H groups in total. The number of halogens is 1. The van der Waals surface area contributed by atoms with Crippen molar-refractivity contribution in [2.45, 2.75) is 25.7 Å². The Bertz CT molecular complexity index is 439. The summed E-state index contributed by atoms with van der Waals surface area (Å²) in [5.74, 6) is 0.500. The third-order valence-corrected chi connectivity index (χ3v) is 4.14. The average molecular weight is 283 g/mol. The van der Waals surface area contributed by atoms with Gasteiger partial charge in [-0.25, -0.2) is 0 Å². The number of hydrogen-bond acceptors (Lipinski definition) is 3. The Hall–Kier alpha value is -1.13. The molecule has 1 saturated carbocycles. The van der Waals surface area contributed by atoms with Gasteiger partial charge in [0.05, 0.1) is 10.6 Å². The molecule has 2 atom stereocenters. The van der Waals surface area contributed by atoms with Gasteiger partial charge in [0.25, 0.3) is 5.91 Å². The lowest BCUT2D eigenvalue weighted by Crippen LogP contribution is -2.35. The molecule has 1 heterocycles. The highest BCUT2D eigenvalue weighted by Crippen LogP contribution is 2.29. The fourth-order valence-corrected chi connectivity index (χ4v) is 2.88. The van der Waals surface area contributed by atoms with E-state index in [2.05, 4.69) is 10.3 Å². The number of amides is 1. The van der Waals surface area contributed by atoms with Crippen LogP contribution in [-0.4, -0.2) is 29.1 Å². The summed E-state index contributed by atoms with van der Waals surface area (Å²) in [6.45, 7) is 0.805. The molecule has 1 aromatic heterocycles. The standard InChI is InChI=1S/C14H19ClN2O2/c15-13-8-16-6-5-12(13)14(19)17-7-10-3-1-2-4-11(10)9-18/h5-6,8,10-11,18H,1-4,7,9H2,(H,17,19). The Morgan fingerprint density at radius 1 is 1.42 bits per heavy atom. The summed E-state index contributed by atoms with van der Waals surface area (Å²) in [6, 6.07) is 1.61. The van der Waals surface area contributed by atoms with Crippen molar-refractivity contribution in [2.24, 2.45) is 11.8 Å². The first-order chi connectivity index (χ1) is 9.22. The quantitative estimate of drug-likeness (QED) is 0.890. The number of nitrogens with one attached hydrogen (secondary N) is 1. The largest absolute Gasteiger partial charge is 0.396 e. The molecule has 1 aromatic rings. The van der Waals surface area contributed by atoms with Crippen molar-refractivity contribution in [3.63, 3.8) is 0 Å². The maximum atomic E-state index is 12.0. The molecule has 1 fully saturated rings. The molecule has 0 bridgehead atoms. The number of nitrogens with zero attached hydrogens (tertiary/aromatic N) is 1. The van der Waals surface area contributed by atoms with Crippen LogP contribution in [0.25, 0.3) is 0 Å². The molecule has 5 heteroatoms. The second kappa shape index (κ2) is 6.87. The number of rotatable bonds is 4. The smallest absolute Gasteiger partial charge is 0.252 e. The Morgan fingerprint density at radius 3 is 2.84 bits per heavy atom. The van der Waals surface area contributed by atoms with Gasteiger partial charge < -0.3 is 10.4 Å².